The summed E-state index contributed by atoms with van der Waals surface area (Å²) in [5.41, 5.74) is 5.03. The van der Waals surface area contributed by atoms with E-state index in [9.17, 15) is 9.90 Å². The molecule has 0 aliphatic rings. The minimum atomic E-state index is -0.363. The van der Waals surface area contributed by atoms with Crippen LogP contribution in [0.25, 0.3) is 5.69 Å². The maximum Gasteiger partial charge on any atom is 0.290 e. The van der Waals surface area contributed by atoms with Gasteiger partial charge in [-0.05, 0) is 35.9 Å². The molecule has 0 fully saturated rings. The molecule has 27 heavy (non-hydrogen) atoms. The van der Waals surface area contributed by atoms with Crippen molar-refractivity contribution in [2.75, 3.05) is 0 Å². The molecule has 0 atom stereocenters. The first-order valence-electron chi connectivity index (χ1n) is 8.63. The molecule has 0 unspecified atom stereocenters. The Hall–Kier alpha value is -3.41. The van der Waals surface area contributed by atoms with Crippen LogP contribution in [0.2, 0.25) is 0 Å². The van der Waals surface area contributed by atoms with Crippen molar-refractivity contribution < 1.29 is 9.90 Å². The van der Waals surface area contributed by atoms with Gasteiger partial charge in [-0.2, -0.15) is 10.2 Å². The van der Waals surface area contributed by atoms with Gasteiger partial charge < -0.3 is 5.11 Å². The first kappa shape index (κ1) is 18.4. The Balaban J connectivity index is 1.88. The minimum Gasteiger partial charge on any atom is -0.508 e. The van der Waals surface area contributed by atoms with Crippen LogP contribution in [0.1, 0.15) is 42.5 Å². The Kier molecular flexibility index (Phi) is 5.07. The molecule has 2 N–H and O–H groups in total. The van der Waals surface area contributed by atoms with Crippen LogP contribution in [0, 0.1) is 0 Å². The van der Waals surface area contributed by atoms with Crippen molar-refractivity contribution in [3.63, 3.8) is 0 Å². The Morgan fingerprint density at radius 3 is 2.52 bits per heavy atom. The number of nitrogens with zero attached hydrogens (tertiary/aromatic N) is 3. The van der Waals surface area contributed by atoms with E-state index in [0.29, 0.717) is 11.3 Å². The number of rotatable bonds is 4. The third-order valence-corrected chi connectivity index (χ3v) is 3.96. The number of hydrazone groups is 1. The fourth-order valence-electron chi connectivity index (χ4n) is 2.50. The fourth-order valence-corrected chi connectivity index (χ4v) is 2.50. The van der Waals surface area contributed by atoms with E-state index in [0.717, 1.165) is 11.4 Å². The maximum atomic E-state index is 12.7. The van der Waals surface area contributed by atoms with Crippen LogP contribution >= 0.6 is 0 Å². The number of hydrogen-bond donors (Lipinski definition) is 2. The summed E-state index contributed by atoms with van der Waals surface area (Å²) in [6, 6.07) is 17.9. The molecule has 1 amide bonds. The van der Waals surface area contributed by atoms with E-state index in [4.69, 9.17) is 0 Å². The SMILES string of the molecule is CC(C)(C)c1cc(C(=O)N/N=C\c2cccc(O)c2)n(-c2ccccc2)n1. The molecule has 2 aromatic carbocycles. The lowest BCUT2D eigenvalue weighted by atomic mass is 9.92. The summed E-state index contributed by atoms with van der Waals surface area (Å²) in [5, 5.41) is 18.1. The molecule has 6 heteroatoms. The molecule has 0 saturated heterocycles. The van der Waals surface area contributed by atoms with Gasteiger partial charge >= 0.3 is 0 Å². The highest BCUT2D eigenvalue weighted by Gasteiger charge is 2.23. The lowest BCUT2D eigenvalue weighted by Gasteiger charge is -2.14. The molecule has 138 valence electrons. The van der Waals surface area contributed by atoms with E-state index < -0.39 is 0 Å². The van der Waals surface area contributed by atoms with Gasteiger partial charge in [0, 0.05) is 5.41 Å². The number of nitrogens with one attached hydrogen (secondary N) is 1. The molecule has 0 bridgehead atoms. The normalized spacial score (nSPS) is 11.7. The van der Waals surface area contributed by atoms with Crippen LogP contribution in [0.15, 0.2) is 65.8 Å². The zero-order valence-corrected chi connectivity index (χ0v) is 15.5. The van der Waals surface area contributed by atoms with E-state index in [2.05, 4.69) is 15.6 Å². The van der Waals surface area contributed by atoms with Gasteiger partial charge in [-0.15, -0.1) is 0 Å². The lowest BCUT2D eigenvalue weighted by molar-refractivity contribution is 0.0947. The molecule has 0 saturated carbocycles. The molecule has 0 radical (unpaired) electrons. The number of hydrogen-bond acceptors (Lipinski definition) is 4. The maximum absolute atomic E-state index is 12.7. The van der Waals surface area contributed by atoms with Gasteiger partial charge in [-0.25, -0.2) is 10.1 Å². The van der Waals surface area contributed by atoms with E-state index in [1.165, 1.54) is 6.21 Å². The topological polar surface area (TPSA) is 79.5 Å². The monoisotopic (exact) mass is 362 g/mol. The van der Waals surface area contributed by atoms with Gasteiger partial charge in [0.25, 0.3) is 5.91 Å². The van der Waals surface area contributed by atoms with Crippen molar-refractivity contribution in [1.29, 1.82) is 0 Å². The molecular weight excluding hydrogens is 340 g/mol. The Labute approximate surface area is 158 Å². The zero-order valence-electron chi connectivity index (χ0n) is 15.5. The van der Waals surface area contributed by atoms with Crippen molar-refractivity contribution in [2.45, 2.75) is 26.2 Å². The average Bonchev–Trinajstić information content (AvgIpc) is 3.08. The number of amides is 1. The number of aromatic nitrogens is 2. The minimum absolute atomic E-state index is 0.141. The van der Waals surface area contributed by atoms with Crippen LogP contribution in [0.3, 0.4) is 0 Å². The molecule has 1 heterocycles. The van der Waals surface area contributed by atoms with Crippen molar-refractivity contribution in [3.05, 3.63) is 77.6 Å². The number of para-hydroxylation sites is 1. The van der Waals surface area contributed by atoms with Crippen LogP contribution in [0.5, 0.6) is 5.75 Å². The van der Waals surface area contributed by atoms with Crippen LogP contribution in [-0.2, 0) is 5.41 Å². The fraction of sp³-hybridized carbons (Fsp3) is 0.190. The van der Waals surface area contributed by atoms with Gasteiger partial charge in [0.15, 0.2) is 0 Å². The number of carbonyl (C=O) groups is 1. The summed E-state index contributed by atoms with van der Waals surface area (Å²) in [7, 11) is 0. The quantitative estimate of drug-likeness (QED) is 0.549. The lowest BCUT2D eigenvalue weighted by Crippen LogP contribution is -2.21. The highest BCUT2D eigenvalue weighted by molar-refractivity contribution is 5.94. The number of benzene rings is 2. The summed E-state index contributed by atoms with van der Waals surface area (Å²) < 4.78 is 1.62. The average molecular weight is 362 g/mol. The zero-order chi connectivity index (χ0) is 19.4. The molecule has 0 aliphatic carbocycles. The first-order valence-corrected chi connectivity index (χ1v) is 8.63. The number of carbonyl (C=O) groups excluding carboxylic acids is 1. The predicted octanol–water partition coefficient (Wildman–Crippen LogP) is 3.64. The molecule has 3 rings (SSSR count). The molecule has 3 aromatic rings. The van der Waals surface area contributed by atoms with Crippen molar-refractivity contribution in [1.82, 2.24) is 15.2 Å². The summed E-state index contributed by atoms with van der Waals surface area (Å²) in [6.07, 6.45) is 1.48. The smallest absolute Gasteiger partial charge is 0.290 e. The number of aromatic hydroxyl groups is 1. The molecule has 0 spiro atoms. The van der Waals surface area contributed by atoms with Crippen LogP contribution in [0.4, 0.5) is 0 Å². The van der Waals surface area contributed by atoms with Gasteiger partial charge in [0.05, 0.1) is 17.6 Å². The Bertz CT molecular complexity index is 969. The Morgan fingerprint density at radius 1 is 1.11 bits per heavy atom. The van der Waals surface area contributed by atoms with E-state index >= 15 is 0 Å². The standard InChI is InChI=1S/C21H22N4O2/c1-21(2,3)19-13-18(25(24-19)16-9-5-4-6-10-16)20(27)23-22-14-15-8-7-11-17(26)12-15/h4-14,26H,1-3H3,(H,23,27)/b22-14-. The van der Waals surface area contributed by atoms with Crippen LogP contribution < -0.4 is 5.43 Å². The number of phenols is 1. The third-order valence-electron chi connectivity index (χ3n) is 3.96. The van der Waals surface area contributed by atoms with E-state index in [-0.39, 0.29) is 17.1 Å². The second-order valence-corrected chi connectivity index (χ2v) is 7.21. The summed E-state index contributed by atoms with van der Waals surface area (Å²) in [4.78, 5) is 12.7. The Morgan fingerprint density at radius 2 is 1.85 bits per heavy atom. The van der Waals surface area contributed by atoms with E-state index in [1.807, 2.05) is 51.1 Å². The second kappa shape index (κ2) is 7.45. The van der Waals surface area contributed by atoms with Gasteiger partial charge in [0.1, 0.15) is 11.4 Å². The van der Waals surface area contributed by atoms with Crippen molar-refractivity contribution in [2.24, 2.45) is 5.10 Å². The van der Waals surface area contributed by atoms with Gasteiger partial charge in [0.2, 0.25) is 0 Å². The molecule has 1 aromatic heterocycles. The second-order valence-electron chi connectivity index (χ2n) is 7.21. The van der Waals surface area contributed by atoms with Gasteiger partial charge in [-0.1, -0.05) is 51.1 Å². The first-order chi connectivity index (χ1) is 12.8. The van der Waals surface area contributed by atoms with Crippen molar-refractivity contribution >= 4 is 12.1 Å². The van der Waals surface area contributed by atoms with Crippen LogP contribution in [-0.4, -0.2) is 27.0 Å². The summed E-state index contributed by atoms with van der Waals surface area (Å²) >= 11 is 0. The number of phenolic OH excluding ortho intramolecular Hbond substituents is 1. The van der Waals surface area contributed by atoms with Gasteiger partial charge in [-0.3, -0.25) is 4.79 Å². The van der Waals surface area contributed by atoms with Crippen molar-refractivity contribution in [3.8, 4) is 11.4 Å². The third kappa shape index (κ3) is 4.41. The summed E-state index contributed by atoms with van der Waals surface area (Å²) in [5.74, 6) is -0.222. The molecule has 0 aliphatic heterocycles. The summed E-state index contributed by atoms with van der Waals surface area (Å²) in [6.45, 7) is 6.14. The highest BCUT2D eigenvalue weighted by Crippen LogP contribution is 2.23. The highest BCUT2D eigenvalue weighted by atomic mass is 16.3. The largest absolute Gasteiger partial charge is 0.508 e. The predicted molar refractivity (Wildman–Crippen MR) is 105 cm³/mol. The molecular formula is C21H22N4O2. The van der Waals surface area contributed by atoms with E-state index in [1.54, 1.807) is 35.0 Å². The molecule has 6 nitrogen and oxygen atoms in total.